The van der Waals surface area contributed by atoms with Crippen molar-refractivity contribution < 1.29 is 4.39 Å². The van der Waals surface area contributed by atoms with E-state index in [1.165, 1.54) is 0 Å². The molecule has 1 fully saturated rings. The minimum absolute atomic E-state index is 0.217. The molecule has 1 saturated heterocycles. The molecule has 4 aromatic rings. The van der Waals surface area contributed by atoms with Crippen molar-refractivity contribution in [3.05, 3.63) is 54.0 Å². The molecule has 2 aromatic carbocycles. The molecule has 3 heterocycles. The predicted octanol–water partition coefficient (Wildman–Crippen LogP) is 4.36. The van der Waals surface area contributed by atoms with Gasteiger partial charge in [-0.1, -0.05) is 17.4 Å². The zero-order valence-electron chi connectivity index (χ0n) is 13.5. The van der Waals surface area contributed by atoms with Crippen molar-refractivity contribution in [1.82, 2.24) is 14.7 Å². The summed E-state index contributed by atoms with van der Waals surface area (Å²) in [6, 6.07) is 11.6. The third-order valence-electron chi connectivity index (χ3n) is 4.85. The minimum Gasteiger partial charge on any atom is -0.399 e. The Labute approximate surface area is 148 Å². The van der Waals surface area contributed by atoms with Gasteiger partial charge in [0, 0.05) is 23.5 Å². The molecule has 1 aliphatic heterocycles. The van der Waals surface area contributed by atoms with Gasteiger partial charge >= 0.3 is 0 Å². The largest absolute Gasteiger partial charge is 0.399 e. The van der Waals surface area contributed by atoms with Crippen LogP contribution < -0.4 is 11.1 Å². The molecule has 0 amide bonds. The minimum atomic E-state index is -0.217. The Balaban J connectivity index is 1.58. The lowest BCUT2D eigenvalue weighted by molar-refractivity contribution is 0.609. The molecular weight excluding hydrogens is 335 g/mol. The fourth-order valence-corrected chi connectivity index (χ4v) is 4.63. The Morgan fingerprint density at radius 2 is 2.16 bits per heavy atom. The van der Waals surface area contributed by atoms with E-state index in [-0.39, 0.29) is 11.9 Å². The molecule has 0 aliphatic carbocycles. The molecule has 0 bridgehead atoms. The summed E-state index contributed by atoms with van der Waals surface area (Å²) in [5.41, 5.74) is 9.84. The number of aromatic nitrogens is 2. The molecule has 1 aliphatic rings. The first-order chi connectivity index (χ1) is 12.2. The second-order valence-electron chi connectivity index (χ2n) is 6.50. The number of rotatable bonds is 2. The van der Waals surface area contributed by atoms with Crippen LogP contribution in [-0.2, 0) is 0 Å². The molecule has 0 spiro atoms. The molecule has 6 heteroatoms. The second-order valence-corrected chi connectivity index (χ2v) is 7.51. The van der Waals surface area contributed by atoms with Gasteiger partial charge in [0.05, 0.1) is 15.9 Å². The molecule has 126 valence electrons. The highest BCUT2D eigenvalue weighted by atomic mass is 32.1. The van der Waals surface area contributed by atoms with Crippen molar-refractivity contribution in [2.75, 3.05) is 12.3 Å². The highest BCUT2D eigenvalue weighted by molar-refractivity contribution is 7.23. The molecule has 0 radical (unpaired) electrons. The number of hydrogen-bond acceptors (Lipinski definition) is 4. The van der Waals surface area contributed by atoms with Crippen LogP contribution in [0.1, 0.15) is 24.4 Å². The second kappa shape index (κ2) is 5.54. The fraction of sp³-hybridized carbons (Fsp3) is 0.211. The summed E-state index contributed by atoms with van der Waals surface area (Å²) in [5.74, 6) is -0.217. The van der Waals surface area contributed by atoms with Crippen molar-refractivity contribution >= 4 is 32.2 Å². The van der Waals surface area contributed by atoms with Crippen molar-refractivity contribution in [3.63, 3.8) is 0 Å². The zero-order chi connectivity index (χ0) is 17.0. The summed E-state index contributed by atoms with van der Waals surface area (Å²) in [6.45, 7) is 1.00. The van der Waals surface area contributed by atoms with Gasteiger partial charge in [0.1, 0.15) is 5.82 Å². The summed E-state index contributed by atoms with van der Waals surface area (Å²) < 4.78 is 17.8. The van der Waals surface area contributed by atoms with E-state index in [9.17, 15) is 4.39 Å². The summed E-state index contributed by atoms with van der Waals surface area (Å²) in [6.07, 6.45) is 4.10. The lowest BCUT2D eigenvalue weighted by Gasteiger charge is -2.11. The van der Waals surface area contributed by atoms with Crippen molar-refractivity contribution in [1.29, 1.82) is 0 Å². The van der Waals surface area contributed by atoms with Crippen molar-refractivity contribution in [2.45, 2.75) is 18.9 Å². The number of anilines is 1. The molecule has 2 aromatic heterocycles. The van der Waals surface area contributed by atoms with E-state index < -0.39 is 0 Å². The molecule has 5 rings (SSSR count). The topological polar surface area (TPSA) is 55.3 Å². The van der Waals surface area contributed by atoms with E-state index in [2.05, 4.69) is 10.3 Å². The molecule has 0 saturated carbocycles. The van der Waals surface area contributed by atoms with Crippen LogP contribution >= 0.6 is 11.3 Å². The quantitative estimate of drug-likeness (QED) is 0.527. The molecule has 25 heavy (non-hydrogen) atoms. The first-order valence-electron chi connectivity index (χ1n) is 8.39. The molecule has 1 atom stereocenters. The summed E-state index contributed by atoms with van der Waals surface area (Å²) in [7, 11) is 0. The number of fused-ring (bicyclic) bond motifs is 3. The van der Waals surface area contributed by atoms with Gasteiger partial charge < -0.3 is 11.1 Å². The molecule has 3 N–H and O–H groups in total. The van der Waals surface area contributed by atoms with Gasteiger partial charge in [-0.3, -0.25) is 4.40 Å². The van der Waals surface area contributed by atoms with Crippen LogP contribution in [0, 0.1) is 5.82 Å². The van der Waals surface area contributed by atoms with Crippen LogP contribution in [0.2, 0.25) is 0 Å². The van der Waals surface area contributed by atoms with Gasteiger partial charge in [0.25, 0.3) is 0 Å². The van der Waals surface area contributed by atoms with Crippen molar-refractivity contribution in [2.24, 2.45) is 0 Å². The van der Waals surface area contributed by atoms with Crippen LogP contribution in [0.15, 0.2) is 42.6 Å². The Morgan fingerprint density at radius 3 is 2.96 bits per heavy atom. The van der Waals surface area contributed by atoms with Gasteiger partial charge in [-0.2, -0.15) is 0 Å². The lowest BCUT2D eigenvalue weighted by atomic mass is 10.0. The Kier molecular flexibility index (Phi) is 3.29. The smallest absolute Gasteiger partial charge is 0.195 e. The van der Waals surface area contributed by atoms with Crippen LogP contribution in [0.3, 0.4) is 0 Å². The number of imidazole rings is 1. The van der Waals surface area contributed by atoms with Crippen LogP contribution in [0.4, 0.5) is 10.1 Å². The molecular formula is C19H17FN4S. The average Bonchev–Trinajstić information content (AvgIpc) is 3.30. The molecule has 1 unspecified atom stereocenters. The first kappa shape index (κ1) is 14.9. The van der Waals surface area contributed by atoms with E-state index in [0.29, 0.717) is 11.3 Å². The van der Waals surface area contributed by atoms with E-state index in [0.717, 1.165) is 45.8 Å². The van der Waals surface area contributed by atoms with E-state index in [1.54, 1.807) is 17.4 Å². The van der Waals surface area contributed by atoms with E-state index in [1.807, 2.05) is 40.9 Å². The number of nitrogen functional groups attached to an aromatic ring is 1. The lowest BCUT2D eigenvalue weighted by Crippen LogP contribution is -2.12. The van der Waals surface area contributed by atoms with Gasteiger partial charge in [0.15, 0.2) is 4.96 Å². The SMILES string of the molecule is Nc1ccc2c(c1)sc1nc(-c3ccc(C4CCCN4)cc3F)cn12. The monoisotopic (exact) mass is 352 g/mol. The highest BCUT2D eigenvalue weighted by Gasteiger charge is 2.19. The number of nitrogens with one attached hydrogen (secondary N) is 1. The summed E-state index contributed by atoms with van der Waals surface area (Å²) in [5, 5.41) is 3.41. The number of nitrogens with two attached hydrogens (primary N) is 1. The van der Waals surface area contributed by atoms with Crippen molar-refractivity contribution in [3.8, 4) is 11.3 Å². The normalized spacial score (nSPS) is 17.7. The van der Waals surface area contributed by atoms with E-state index >= 15 is 0 Å². The number of nitrogens with zero attached hydrogens (tertiary/aromatic N) is 2. The fourth-order valence-electron chi connectivity index (χ4n) is 3.57. The first-order valence-corrected chi connectivity index (χ1v) is 9.21. The number of hydrogen-bond donors (Lipinski definition) is 2. The zero-order valence-corrected chi connectivity index (χ0v) is 14.3. The van der Waals surface area contributed by atoms with Crippen LogP contribution in [0.25, 0.3) is 26.4 Å². The van der Waals surface area contributed by atoms with Gasteiger partial charge in [-0.05, 0) is 55.3 Å². The summed E-state index contributed by atoms with van der Waals surface area (Å²) in [4.78, 5) is 5.47. The standard InChI is InChI=1S/C19H17FN4S/c20-14-8-11(15-2-1-7-22-15)3-5-13(14)16-10-24-17-6-4-12(21)9-18(17)25-19(24)23-16/h3-6,8-10,15,22H,1-2,7,21H2. The van der Waals surface area contributed by atoms with Gasteiger partial charge in [-0.25, -0.2) is 9.37 Å². The number of thiazole rings is 1. The van der Waals surface area contributed by atoms with Gasteiger partial charge in [-0.15, -0.1) is 0 Å². The number of benzene rings is 2. The highest BCUT2D eigenvalue weighted by Crippen LogP contribution is 2.32. The number of halogens is 1. The van der Waals surface area contributed by atoms with Crippen LogP contribution in [-0.4, -0.2) is 15.9 Å². The maximum atomic E-state index is 14.7. The third-order valence-corrected chi connectivity index (χ3v) is 5.87. The Hall–Kier alpha value is -2.44. The van der Waals surface area contributed by atoms with E-state index in [4.69, 9.17) is 5.73 Å². The Bertz CT molecular complexity index is 1090. The maximum absolute atomic E-state index is 14.7. The summed E-state index contributed by atoms with van der Waals surface area (Å²) >= 11 is 1.56. The molecule has 4 nitrogen and oxygen atoms in total. The van der Waals surface area contributed by atoms with Crippen LogP contribution in [0.5, 0.6) is 0 Å². The maximum Gasteiger partial charge on any atom is 0.195 e. The average molecular weight is 352 g/mol. The predicted molar refractivity (Wildman–Crippen MR) is 100 cm³/mol. The van der Waals surface area contributed by atoms with Gasteiger partial charge in [0.2, 0.25) is 0 Å². The third kappa shape index (κ3) is 2.41. The Morgan fingerprint density at radius 1 is 1.24 bits per heavy atom.